The molecule has 2 aliphatic heterocycles. The van der Waals surface area contributed by atoms with Crippen molar-refractivity contribution in [2.24, 2.45) is 11.3 Å². The number of amides is 3. The summed E-state index contributed by atoms with van der Waals surface area (Å²) in [5.41, 5.74) is 3.65. The Morgan fingerprint density at radius 3 is 2.41 bits per heavy atom. The standard InChI is InChI=1S/C35H45Cl3N4O7/c1-21(2)29(30(44)39-22(3)31(45)42-15-5-6-28(41-42)32(46)49-20-35(36,37)38)40-33(47)34(13-16-48-17-14-34)12-11-24-7-8-25-9-10-26(23(4)43)19-27(25)18-24/h7-12,18-19,21-23,28-29,41,43H,5-6,13-17,20H2,1-4H3,(H,39,44)(H,40,47)/t22-,23+,28-,29-/m0/s1. The molecule has 2 saturated heterocycles. The van der Waals surface area contributed by atoms with Gasteiger partial charge in [-0.05, 0) is 79.5 Å². The van der Waals surface area contributed by atoms with Gasteiger partial charge in [-0.1, -0.05) is 85.1 Å². The minimum Gasteiger partial charge on any atom is -0.460 e. The first-order chi connectivity index (χ1) is 23.1. The number of hydrogen-bond donors (Lipinski definition) is 4. The van der Waals surface area contributed by atoms with Gasteiger partial charge in [-0.3, -0.25) is 24.2 Å². The molecular weight excluding hydrogens is 695 g/mol. The maximum absolute atomic E-state index is 14.0. The lowest BCUT2D eigenvalue weighted by Crippen LogP contribution is -2.61. The minimum atomic E-state index is -1.76. The molecule has 0 bridgehead atoms. The van der Waals surface area contributed by atoms with Crippen LogP contribution in [0, 0.1) is 11.3 Å². The number of carbonyl (C=O) groups excluding carboxylic acids is 4. The van der Waals surface area contributed by atoms with Crippen LogP contribution in [0.3, 0.4) is 0 Å². The van der Waals surface area contributed by atoms with Gasteiger partial charge in [-0.25, -0.2) is 5.43 Å². The predicted octanol–water partition coefficient (Wildman–Crippen LogP) is 4.76. The van der Waals surface area contributed by atoms with E-state index in [4.69, 9.17) is 44.3 Å². The number of nitrogens with one attached hydrogen (secondary N) is 3. The van der Waals surface area contributed by atoms with Crippen LogP contribution < -0.4 is 16.1 Å². The van der Waals surface area contributed by atoms with Crippen LogP contribution in [-0.4, -0.2) is 82.1 Å². The zero-order valence-electron chi connectivity index (χ0n) is 28.1. The lowest BCUT2D eigenvalue weighted by molar-refractivity contribution is -0.152. The molecular formula is C35H45Cl3N4O7. The quantitative estimate of drug-likeness (QED) is 0.191. The van der Waals surface area contributed by atoms with Gasteiger partial charge in [0.05, 0.1) is 11.5 Å². The molecule has 49 heavy (non-hydrogen) atoms. The number of aliphatic hydroxyl groups excluding tert-OH is 1. The molecule has 2 aromatic carbocycles. The molecule has 2 fully saturated rings. The van der Waals surface area contributed by atoms with Crippen molar-refractivity contribution in [2.75, 3.05) is 26.4 Å². The monoisotopic (exact) mass is 738 g/mol. The summed E-state index contributed by atoms with van der Waals surface area (Å²) in [7, 11) is 0. The molecule has 4 rings (SSSR count). The van der Waals surface area contributed by atoms with Crippen molar-refractivity contribution < 1.29 is 33.8 Å². The molecule has 4 N–H and O–H groups in total. The molecule has 0 aliphatic carbocycles. The summed E-state index contributed by atoms with van der Waals surface area (Å²) in [6.45, 7) is 7.56. The van der Waals surface area contributed by atoms with Crippen LogP contribution >= 0.6 is 34.8 Å². The van der Waals surface area contributed by atoms with Gasteiger partial charge in [0.15, 0.2) is 0 Å². The number of carbonyl (C=O) groups is 4. The van der Waals surface area contributed by atoms with Gasteiger partial charge in [0.1, 0.15) is 24.7 Å². The minimum absolute atomic E-state index is 0.291. The Hall–Kier alpha value is -2.93. The maximum Gasteiger partial charge on any atom is 0.325 e. The van der Waals surface area contributed by atoms with Gasteiger partial charge in [-0.2, -0.15) is 0 Å². The lowest BCUT2D eigenvalue weighted by Gasteiger charge is -2.36. The Morgan fingerprint density at radius 2 is 1.76 bits per heavy atom. The summed E-state index contributed by atoms with van der Waals surface area (Å²) >= 11 is 17.0. The third-order valence-electron chi connectivity index (χ3n) is 8.88. The van der Waals surface area contributed by atoms with E-state index in [1.54, 1.807) is 13.8 Å². The Morgan fingerprint density at radius 1 is 1.06 bits per heavy atom. The second-order valence-electron chi connectivity index (χ2n) is 13.1. The Kier molecular flexibility index (Phi) is 13.4. The number of benzene rings is 2. The highest BCUT2D eigenvalue weighted by atomic mass is 35.6. The molecule has 4 atom stereocenters. The maximum atomic E-state index is 14.0. The van der Waals surface area contributed by atoms with E-state index in [0.29, 0.717) is 45.4 Å². The SMILES string of the molecule is CC(C)[C@H](NC(=O)C1(C=Cc2ccc3ccc([C@@H](C)O)cc3c2)CCOCC1)C(=O)N[C@@H](C)C(=O)N1CCC[C@@H](C(=O)OCC(Cl)(Cl)Cl)N1. The van der Waals surface area contributed by atoms with Crippen LogP contribution in [0.1, 0.15) is 70.6 Å². The van der Waals surface area contributed by atoms with Crippen molar-refractivity contribution in [2.45, 2.75) is 81.4 Å². The molecule has 0 radical (unpaired) electrons. The van der Waals surface area contributed by atoms with Crippen molar-refractivity contribution in [1.82, 2.24) is 21.1 Å². The van der Waals surface area contributed by atoms with Crippen LogP contribution in [0.15, 0.2) is 42.5 Å². The molecule has 0 saturated carbocycles. The fourth-order valence-corrected chi connectivity index (χ4v) is 6.06. The van der Waals surface area contributed by atoms with Crippen molar-refractivity contribution >= 4 is 75.3 Å². The number of nitrogens with zero attached hydrogens (tertiary/aromatic N) is 1. The topological polar surface area (TPSA) is 146 Å². The third kappa shape index (κ3) is 10.5. The smallest absolute Gasteiger partial charge is 0.325 e. The van der Waals surface area contributed by atoms with E-state index in [1.165, 1.54) is 5.01 Å². The summed E-state index contributed by atoms with van der Waals surface area (Å²) in [5.74, 6) is -2.22. The number of fused-ring (bicyclic) bond motifs is 1. The van der Waals surface area contributed by atoms with Gasteiger partial charge >= 0.3 is 5.97 Å². The van der Waals surface area contributed by atoms with Crippen molar-refractivity contribution in [3.63, 3.8) is 0 Å². The van der Waals surface area contributed by atoms with Gasteiger partial charge in [0, 0.05) is 19.8 Å². The summed E-state index contributed by atoms with van der Waals surface area (Å²) in [5, 5.41) is 19.0. The Balaban J connectivity index is 1.43. The zero-order valence-corrected chi connectivity index (χ0v) is 30.4. The number of alkyl halides is 3. The van der Waals surface area contributed by atoms with E-state index in [2.05, 4.69) is 16.1 Å². The molecule has 2 aliphatic rings. The van der Waals surface area contributed by atoms with Gasteiger partial charge < -0.3 is 25.2 Å². The normalized spacial score (nSPS) is 20.1. The first-order valence-electron chi connectivity index (χ1n) is 16.5. The van der Waals surface area contributed by atoms with Crippen molar-refractivity contribution in [3.05, 3.63) is 53.6 Å². The van der Waals surface area contributed by atoms with E-state index in [-0.39, 0.29) is 11.8 Å². The second-order valence-corrected chi connectivity index (χ2v) is 15.6. The number of hydrogen-bond acceptors (Lipinski definition) is 8. The Bertz CT molecular complexity index is 1540. The van der Waals surface area contributed by atoms with Crippen molar-refractivity contribution in [3.8, 4) is 0 Å². The van der Waals surface area contributed by atoms with E-state index in [9.17, 15) is 24.3 Å². The van der Waals surface area contributed by atoms with Crippen LogP contribution in [0.25, 0.3) is 16.8 Å². The first-order valence-corrected chi connectivity index (χ1v) is 17.6. The number of halogens is 3. The first kappa shape index (κ1) is 38.9. The fraction of sp³-hybridized carbons (Fsp3) is 0.543. The molecule has 14 heteroatoms. The summed E-state index contributed by atoms with van der Waals surface area (Å²) in [6, 6.07) is 9.09. The molecule has 2 heterocycles. The van der Waals surface area contributed by atoms with Crippen LogP contribution in [-0.2, 0) is 28.7 Å². The molecule has 0 unspecified atom stereocenters. The highest BCUT2D eigenvalue weighted by Crippen LogP contribution is 2.34. The van der Waals surface area contributed by atoms with E-state index < -0.39 is 57.8 Å². The van der Waals surface area contributed by atoms with Gasteiger partial charge in [-0.15, -0.1) is 0 Å². The van der Waals surface area contributed by atoms with Gasteiger partial charge in [0.25, 0.3) is 5.91 Å². The second kappa shape index (κ2) is 16.9. The van der Waals surface area contributed by atoms with Gasteiger partial charge in [0.2, 0.25) is 15.6 Å². The highest BCUT2D eigenvalue weighted by molar-refractivity contribution is 6.67. The average Bonchev–Trinajstić information content (AvgIpc) is 3.07. The van der Waals surface area contributed by atoms with E-state index in [1.807, 2.05) is 62.4 Å². The summed E-state index contributed by atoms with van der Waals surface area (Å²) in [4.78, 5) is 53.3. The molecule has 0 aromatic heterocycles. The summed E-state index contributed by atoms with van der Waals surface area (Å²) < 4.78 is 8.89. The molecule has 268 valence electrons. The largest absolute Gasteiger partial charge is 0.460 e. The molecule has 3 amide bonds. The molecule has 11 nitrogen and oxygen atoms in total. The number of hydrazine groups is 1. The van der Waals surface area contributed by atoms with Crippen LogP contribution in [0.5, 0.6) is 0 Å². The lowest BCUT2D eigenvalue weighted by atomic mass is 9.78. The number of ether oxygens (including phenoxy) is 2. The third-order valence-corrected chi connectivity index (χ3v) is 9.21. The molecule has 2 aromatic rings. The number of rotatable bonds is 11. The fourth-order valence-electron chi connectivity index (χ4n) is 5.90. The predicted molar refractivity (Wildman–Crippen MR) is 190 cm³/mol. The molecule has 0 spiro atoms. The Labute approximate surface area is 301 Å². The van der Waals surface area contributed by atoms with E-state index in [0.717, 1.165) is 21.9 Å². The number of aliphatic hydroxyl groups is 1. The van der Waals surface area contributed by atoms with E-state index >= 15 is 0 Å². The van der Waals surface area contributed by atoms with Crippen molar-refractivity contribution in [1.29, 1.82) is 0 Å². The average molecular weight is 740 g/mol. The zero-order chi connectivity index (χ0) is 35.9. The summed E-state index contributed by atoms with van der Waals surface area (Å²) in [6.07, 6.45) is 5.01. The van der Waals surface area contributed by atoms with Crippen LogP contribution in [0.4, 0.5) is 0 Å². The number of esters is 1. The highest BCUT2D eigenvalue weighted by Gasteiger charge is 2.41. The van der Waals surface area contributed by atoms with Crippen LogP contribution in [0.2, 0.25) is 0 Å².